The number of hydrogen-bond acceptors (Lipinski definition) is 5. The highest BCUT2D eigenvalue weighted by molar-refractivity contribution is 7.90. The molecule has 0 aliphatic carbocycles. The molecule has 0 radical (unpaired) electrons. The van der Waals surface area contributed by atoms with Gasteiger partial charge >= 0.3 is 0 Å². The van der Waals surface area contributed by atoms with Gasteiger partial charge in [0, 0.05) is 25.1 Å². The van der Waals surface area contributed by atoms with Crippen LogP contribution in [0.1, 0.15) is 24.8 Å². The molecule has 0 aromatic carbocycles. The molecule has 0 saturated carbocycles. The summed E-state index contributed by atoms with van der Waals surface area (Å²) >= 11 is 0. The smallest absolute Gasteiger partial charge is 0.246 e. The van der Waals surface area contributed by atoms with E-state index in [-0.39, 0.29) is 5.16 Å². The first-order valence-electron chi connectivity index (χ1n) is 6.19. The highest BCUT2D eigenvalue weighted by Crippen LogP contribution is 2.01. The van der Waals surface area contributed by atoms with E-state index in [1.165, 1.54) is 12.4 Å². The van der Waals surface area contributed by atoms with Crippen molar-refractivity contribution in [2.75, 3.05) is 19.3 Å². The van der Waals surface area contributed by atoms with Crippen molar-refractivity contribution in [2.24, 2.45) is 0 Å². The van der Waals surface area contributed by atoms with Crippen molar-refractivity contribution in [1.82, 2.24) is 15.3 Å². The molecule has 0 aliphatic heterocycles. The van der Waals surface area contributed by atoms with Crippen LogP contribution in [0.25, 0.3) is 0 Å². The third-order valence-electron chi connectivity index (χ3n) is 2.32. The zero-order valence-corrected chi connectivity index (χ0v) is 12.2. The maximum Gasteiger partial charge on any atom is 0.246 e. The summed E-state index contributed by atoms with van der Waals surface area (Å²) in [5.41, 5.74) is 0.614. The van der Waals surface area contributed by atoms with Crippen LogP contribution in [-0.4, -0.2) is 37.7 Å². The number of rotatable bonds is 6. The normalized spacial score (nSPS) is 10.4. The monoisotopic (exact) mass is 291 g/mol. The van der Waals surface area contributed by atoms with Crippen molar-refractivity contribution >= 4 is 9.84 Å². The van der Waals surface area contributed by atoms with E-state index in [2.05, 4.69) is 33.0 Å². The van der Waals surface area contributed by atoms with Crippen LogP contribution < -0.4 is 5.32 Å². The molecule has 0 saturated heterocycles. The van der Waals surface area contributed by atoms with E-state index in [1.54, 1.807) is 0 Å². The topological polar surface area (TPSA) is 72.0 Å². The lowest BCUT2D eigenvalue weighted by Crippen LogP contribution is -2.14. The van der Waals surface area contributed by atoms with Crippen LogP contribution in [0.15, 0.2) is 17.6 Å². The van der Waals surface area contributed by atoms with Crippen LogP contribution >= 0.6 is 0 Å². The molecule has 1 heterocycles. The van der Waals surface area contributed by atoms with Gasteiger partial charge in [0.15, 0.2) is 0 Å². The molecule has 1 aromatic heterocycles. The lowest BCUT2D eigenvalue weighted by Gasteiger charge is -1.97. The fourth-order valence-corrected chi connectivity index (χ4v) is 1.85. The molecule has 1 N–H and O–H groups in total. The van der Waals surface area contributed by atoms with Gasteiger partial charge in [0.25, 0.3) is 0 Å². The third-order valence-corrected chi connectivity index (χ3v) is 3.20. The van der Waals surface area contributed by atoms with Crippen molar-refractivity contribution in [1.29, 1.82) is 0 Å². The zero-order chi connectivity index (χ0) is 14.8. The Kier molecular flexibility index (Phi) is 6.72. The van der Waals surface area contributed by atoms with Crippen LogP contribution in [-0.2, 0) is 9.84 Å². The number of terminal acetylenes is 1. The van der Waals surface area contributed by atoms with E-state index >= 15 is 0 Å². The summed E-state index contributed by atoms with van der Waals surface area (Å²) in [7, 11) is -3.35. The highest BCUT2D eigenvalue weighted by atomic mass is 32.2. The molecule has 1 rings (SSSR count). The van der Waals surface area contributed by atoms with Crippen LogP contribution in [0.5, 0.6) is 0 Å². The predicted molar refractivity (Wildman–Crippen MR) is 77.6 cm³/mol. The van der Waals surface area contributed by atoms with Crippen molar-refractivity contribution < 1.29 is 8.42 Å². The lowest BCUT2D eigenvalue weighted by atomic mass is 10.2. The second kappa shape index (κ2) is 8.31. The Morgan fingerprint density at radius 3 is 2.60 bits per heavy atom. The molecule has 106 valence electrons. The molecule has 20 heavy (non-hydrogen) atoms. The molecular weight excluding hydrogens is 274 g/mol. The van der Waals surface area contributed by atoms with Gasteiger partial charge in [-0.1, -0.05) is 17.8 Å². The van der Waals surface area contributed by atoms with Gasteiger partial charge in [-0.05, 0) is 19.4 Å². The highest BCUT2D eigenvalue weighted by Gasteiger charge is 2.09. The van der Waals surface area contributed by atoms with Crippen molar-refractivity contribution in [3.8, 4) is 24.2 Å². The second-order valence-corrected chi connectivity index (χ2v) is 6.08. The predicted octanol–water partition coefficient (Wildman–Crippen LogP) is 0.625. The molecule has 0 bridgehead atoms. The van der Waals surface area contributed by atoms with E-state index in [4.69, 9.17) is 6.42 Å². The fourth-order valence-electron chi connectivity index (χ4n) is 1.36. The second-order valence-electron chi connectivity index (χ2n) is 4.17. The fraction of sp³-hybridized carbons (Fsp3) is 0.429. The molecule has 0 fully saturated rings. The first-order valence-corrected chi connectivity index (χ1v) is 8.08. The van der Waals surface area contributed by atoms with Crippen molar-refractivity contribution in [3.63, 3.8) is 0 Å². The number of sulfone groups is 1. The molecule has 1 aromatic rings. The first-order chi connectivity index (χ1) is 9.54. The summed E-state index contributed by atoms with van der Waals surface area (Å²) < 4.78 is 22.3. The maximum absolute atomic E-state index is 11.2. The van der Waals surface area contributed by atoms with Crippen LogP contribution in [0.3, 0.4) is 0 Å². The zero-order valence-electron chi connectivity index (χ0n) is 11.4. The van der Waals surface area contributed by atoms with Crippen LogP contribution in [0.4, 0.5) is 0 Å². The van der Waals surface area contributed by atoms with Gasteiger partial charge in [-0.25, -0.2) is 18.4 Å². The Labute approximate surface area is 120 Å². The van der Waals surface area contributed by atoms with Gasteiger partial charge in [0.1, 0.15) is 0 Å². The SMILES string of the molecule is C#CCNCCCCC#Cc1cnc(S(C)(=O)=O)nc1. The average molecular weight is 291 g/mol. The largest absolute Gasteiger partial charge is 0.306 e. The summed E-state index contributed by atoms with van der Waals surface area (Å²) in [5.74, 6) is 8.42. The number of aromatic nitrogens is 2. The minimum atomic E-state index is -3.35. The number of nitrogens with zero attached hydrogens (tertiary/aromatic N) is 2. The molecule has 0 aliphatic rings. The van der Waals surface area contributed by atoms with E-state index < -0.39 is 9.84 Å². The summed E-state index contributed by atoms with van der Waals surface area (Å²) in [6.07, 6.45) is 11.8. The first kappa shape index (κ1) is 16.2. The Morgan fingerprint density at radius 2 is 2.00 bits per heavy atom. The van der Waals surface area contributed by atoms with E-state index in [0.29, 0.717) is 12.1 Å². The summed E-state index contributed by atoms with van der Waals surface area (Å²) in [6, 6.07) is 0. The van der Waals surface area contributed by atoms with Crippen molar-refractivity contribution in [2.45, 2.75) is 24.4 Å². The Bertz CT molecular complexity index is 619. The Hall–Kier alpha value is -1.89. The molecule has 0 spiro atoms. The molecule has 0 atom stereocenters. The quantitative estimate of drug-likeness (QED) is 0.473. The van der Waals surface area contributed by atoms with Gasteiger partial charge in [-0.2, -0.15) is 0 Å². The van der Waals surface area contributed by atoms with Gasteiger partial charge in [-0.3, -0.25) is 0 Å². The number of unbranched alkanes of at least 4 members (excludes halogenated alkanes) is 2. The Morgan fingerprint density at radius 1 is 1.30 bits per heavy atom. The van der Waals surface area contributed by atoms with Crippen LogP contribution in [0, 0.1) is 24.2 Å². The van der Waals surface area contributed by atoms with Gasteiger partial charge in [0.2, 0.25) is 15.0 Å². The molecule has 0 amide bonds. The van der Waals surface area contributed by atoms with Gasteiger partial charge < -0.3 is 5.32 Å². The summed E-state index contributed by atoms with van der Waals surface area (Å²) in [6.45, 7) is 1.48. The molecule has 5 nitrogen and oxygen atoms in total. The van der Waals surface area contributed by atoms with Crippen LogP contribution in [0.2, 0.25) is 0 Å². The number of hydrogen-bond donors (Lipinski definition) is 1. The van der Waals surface area contributed by atoms with E-state index in [0.717, 1.165) is 32.1 Å². The molecule has 0 unspecified atom stereocenters. The standard InChI is InChI=1S/C14H17N3O2S/c1-3-9-15-10-7-5-4-6-8-13-11-16-14(17-12-13)20(2,18)19/h1,11-12,15H,4-5,7,9-10H2,2H3. The van der Waals surface area contributed by atoms with Gasteiger partial charge in [0.05, 0.1) is 12.1 Å². The lowest BCUT2D eigenvalue weighted by molar-refractivity contribution is 0.593. The summed E-state index contributed by atoms with van der Waals surface area (Å²) in [5, 5.41) is 2.92. The van der Waals surface area contributed by atoms with Gasteiger partial charge in [-0.15, -0.1) is 6.42 Å². The third kappa shape index (κ3) is 6.33. The van der Waals surface area contributed by atoms with Crippen molar-refractivity contribution in [3.05, 3.63) is 18.0 Å². The maximum atomic E-state index is 11.2. The average Bonchev–Trinajstić information content (AvgIpc) is 2.41. The van der Waals surface area contributed by atoms with E-state index in [9.17, 15) is 8.42 Å². The number of nitrogens with one attached hydrogen (secondary N) is 1. The minimum absolute atomic E-state index is 0.178. The molecular formula is C14H17N3O2S. The Balaban J connectivity index is 2.36. The van der Waals surface area contributed by atoms with E-state index in [1.807, 2.05) is 0 Å². The summed E-state index contributed by atoms with van der Waals surface area (Å²) in [4.78, 5) is 7.54. The minimum Gasteiger partial charge on any atom is -0.306 e. The molecule has 6 heteroatoms.